The Morgan fingerprint density at radius 3 is 2.80 bits per heavy atom. The van der Waals surface area contributed by atoms with E-state index in [-0.39, 0.29) is 6.61 Å². The van der Waals surface area contributed by atoms with Crippen LogP contribution in [0.5, 0.6) is 5.88 Å². The Bertz CT molecular complexity index is 820. The van der Waals surface area contributed by atoms with Crippen LogP contribution in [0.1, 0.15) is 29.2 Å². The molecule has 3 fully saturated rings. The molecule has 128 valence electrons. The Morgan fingerprint density at radius 1 is 1.28 bits per heavy atom. The van der Waals surface area contributed by atoms with Crippen LogP contribution in [0.25, 0.3) is 0 Å². The summed E-state index contributed by atoms with van der Waals surface area (Å²) in [6, 6.07) is 12.2. The van der Waals surface area contributed by atoms with Gasteiger partial charge in [0.25, 0.3) is 0 Å². The molecule has 2 bridgehead atoms. The van der Waals surface area contributed by atoms with E-state index in [9.17, 15) is 4.39 Å². The minimum absolute atomic E-state index is 0.105. The molecule has 4 nitrogen and oxygen atoms in total. The summed E-state index contributed by atoms with van der Waals surface area (Å²) in [5.74, 6) is 1.99. The number of hydrogen-bond donors (Lipinski definition) is 0. The monoisotopic (exact) mass is 337 g/mol. The van der Waals surface area contributed by atoms with E-state index in [2.05, 4.69) is 23.0 Å². The summed E-state index contributed by atoms with van der Waals surface area (Å²) in [5, 5.41) is 8.80. The van der Waals surface area contributed by atoms with Gasteiger partial charge in [-0.3, -0.25) is 0 Å². The van der Waals surface area contributed by atoms with Gasteiger partial charge in [0.15, 0.2) is 0 Å². The van der Waals surface area contributed by atoms with Crippen LogP contribution >= 0.6 is 0 Å². The van der Waals surface area contributed by atoms with Crippen LogP contribution < -0.4 is 4.74 Å². The van der Waals surface area contributed by atoms with E-state index in [1.807, 2.05) is 18.2 Å². The predicted octanol–water partition coefficient (Wildman–Crippen LogP) is 3.34. The summed E-state index contributed by atoms with van der Waals surface area (Å²) in [6.45, 7) is 2.36. The fourth-order valence-electron chi connectivity index (χ4n) is 4.19. The van der Waals surface area contributed by atoms with Crippen LogP contribution in [0.3, 0.4) is 0 Å². The summed E-state index contributed by atoms with van der Waals surface area (Å²) in [4.78, 5) is 7.06. The molecule has 2 saturated heterocycles. The van der Waals surface area contributed by atoms with Crippen molar-refractivity contribution in [3.63, 3.8) is 0 Å². The molecule has 2 unspecified atom stereocenters. The third kappa shape index (κ3) is 3.10. The maximum atomic E-state index is 13.9. The van der Waals surface area contributed by atoms with Gasteiger partial charge in [-0.25, -0.2) is 9.37 Å². The van der Waals surface area contributed by atoms with Crippen molar-refractivity contribution >= 4 is 0 Å². The second-order valence-electron chi connectivity index (χ2n) is 7.11. The van der Waals surface area contributed by atoms with Crippen molar-refractivity contribution in [1.29, 1.82) is 5.26 Å². The van der Waals surface area contributed by atoms with Crippen LogP contribution in [0.2, 0.25) is 0 Å². The van der Waals surface area contributed by atoms with Gasteiger partial charge >= 0.3 is 0 Å². The van der Waals surface area contributed by atoms with Gasteiger partial charge in [-0.2, -0.15) is 5.26 Å². The first-order valence-electron chi connectivity index (χ1n) is 8.61. The molecule has 1 saturated carbocycles. The molecule has 1 aromatic carbocycles. The first-order valence-corrected chi connectivity index (χ1v) is 8.61. The third-order valence-corrected chi connectivity index (χ3v) is 5.36. The fourth-order valence-corrected chi connectivity index (χ4v) is 4.19. The van der Waals surface area contributed by atoms with Crippen LogP contribution in [0.15, 0.2) is 36.4 Å². The average molecular weight is 337 g/mol. The second-order valence-corrected chi connectivity index (χ2v) is 7.11. The van der Waals surface area contributed by atoms with E-state index in [0.717, 1.165) is 18.8 Å². The number of ether oxygens (including phenoxy) is 1. The smallest absolute Gasteiger partial charge is 0.213 e. The number of hydrogen-bond acceptors (Lipinski definition) is 4. The molecule has 0 spiro atoms. The Balaban J connectivity index is 1.45. The number of fused-ring (bicyclic) bond motifs is 2. The Hall–Kier alpha value is -2.45. The molecule has 0 amide bonds. The zero-order valence-electron chi connectivity index (χ0n) is 14.2. The molecule has 0 N–H and O–H groups in total. The third-order valence-electron chi connectivity index (χ3n) is 5.36. The van der Waals surface area contributed by atoms with Gasteiger partial charge in [0.1, 0.15) is 12.4 Å². The van der Waals surface area contributed by atoms with Crippen molar-refractivity contribution in [1.82, 2.24) is 9.88 Å². The van der Waals surface area contributed by atoms with Gasteiger partial charge in [-0.15, -0.1) is 0 Å². The Kier molecular flexibility index (Phi) is 4.14. The van der Waals surface area contributed by atoms with E-state index in [0.29, 0.717) is 34.8 Å². The van der Waals surface area contributed by atoms with Gasteiger partial charge < -0.3 is 9.64 Å². The summed E-state index contributed by atoms with van der Waals surface area (Å²) < 4.78 is 19.7. The highest BCUT2D eigenvalue weighted by Crippen LogP contribution is 2.50. The lowest BCUT2D eigenvalue weighted by atomic mass is 9.60. The number of nitrogens with zero attached hydrogens (tertiary/aromatic N) is 3. The molecule has 25 heavy (non-hydrogen) atoms. The van der Waals surface area contributed by atoms with Crippen molar-refractivity contribution in [3.8, 4) is 11.9 Å². The lowest BCUT2D eigenvalue weighted by Gasteiger charge is -2.52. The minimum Gasteiger partial charge on any atom is -0.473 e. The molecule has 3 aliphatic rings. The van der Waals surface area contributed by atoms with Crippen LogP contribution in [-0.2, 0) is 6.61 Å². The molecule has 5 heteroatoms. The normalized spacial score (nSPS) is 25.1. The number of rotatable bonds is 4. The fraction of sp³-hybridized carbons (Fsp3) is 0.400. The number of piperidine rings is 2. The maximum absolute atomic E-state index is 13.9. The van der Waals surface area contributed by atoms with E-state index in [1.165, 1.54) is 12.5 Å². The van der Waals surface area contributed by atoms with Gasteiger partial charge in [0.2, 0.25) is 5.88 Å². The first-order chi connectivity index (χ1) is 12.1. The van der Waals surface area contributed by atoms with Gasteiger partial charge in [-0.05, 0) is 43.5 Å². The van der Waals surface area contributed by atoms with Gasteiger partial charge in [-0.1, -0.05) is 12.1 Å². The first kappa shape index (κ1) is 16.0. The van der Waals surface area contributed by atoms with E-state index >= 15 is 0 Å². The number of benzene rings is 1. The zero-order chi connectivity index (χ0) is 17.4. The molecule has 5 rings (SSSR count). The lowest BCUT2D eigenvalue weighted by molar-refractivity contribution is 0.0108. The molecule has 3 heterocycles. The summed E-state index contributed by atoms with van der Waals surface area (Å²) in [5.41, 5.74) is 1.82. The van der Waals surface area contributed by atoms with Crippen LogP contribution in [0.4, 0.5) is 4.39 Å². The highest BCUT2D eigenvalue weighted by Gasteiger charge is 2.47. The van der Waals surface area contributed by atoms with Crippen LogP contribution in [0, 0.1) is 29.0 Å². The molecular weight excluding hydrogens is 317 g/mol. The SMILES string of the molecule is CN1CC2CC(C1)C2c1cccc(OCc2ccc(C#N)cc2F)n1. The topological polar surface area (TPSA) is 49.1 Å². The Labute approximate surface area is 146 Å². The van der Waals surface area contributed by atoms with E-state index in [1.54, 1.807) is 12.1 Å². The number of pyridine rings is 1. The standard InChI is InChI=1S/C20H20FN3O/c1-24-10-15-8-16(11-24)20(15)18-3-2-4-19(23-18)25-12-14-6-5-13(9-22)7-17(14)21/h2-7,15-16,20H,8,10-12H2,1H3. The molecule has 2 aliphatic heterocycles. The van der Waals surface area contributed by atoms with E-state index in [4.69, 9.17) is 10.00 Å². The summed E-state index contributed by atoms with van der Waals surface area (Å²) in [7, 11) is 2.18. The van der Waals surface area contributed by atoms with Gasteiger partial charge in [0.05, 0.1) is 11.6 Å². The highest BCUT2D eigenvalue weighted by atomic mass is 19.1. The zero-order valence-corrected chi connectivity index (χ0v) is 14.2. The lowest BCUT2D eigenvalue weighted by Crippen LogP contribution is -2.52. The molecule has 2 aromatic rings. The van der Waals surface area contributed by atoms with Crippen molar-refractivity contribution < 1.29 is 9.13 Å². The molecule has 0 radical (unpaired) electrons. The quantitative estimate of drug-likeness (QED) is 0.859. The van der Waals surface area contributed by atoms with Crippen molar-refractivity contribution in [2.45, 2.75) is 18.9 Å². The summed E-state index contributed by atoms with van der Waals surface area (Å²) >= 11 is 0. The maximum Gasteiger partial charge on any atom is 0.213 e. The predicted molar refractivity (Wildman–Crippen MR) is 91.5 cm³/mol. The molecule has 1 aromatic heterocycles. The number of nitriles is 1. The number of halogens is 1. The second kappa shape index (κ2) is 6.45. The molecule has 2 atom stereocenters. The Morgan fingerprint density at radius 2 is 2.08 bits per heavy atom. The number of aromatic nitrogens is 1. The van der Waals surface area contributed by atoms with Crippen molar-refractivity contribution in [3.05, 3.63) is 59.0 Å². The minimum atomic E-state index is -0.424. The van der Waals surface area contributed by atoms with Crippen LogP contribution in [-0.4, -0.2) is 30.0 Å². The average Bonchev–Trinajstić information content (AvgIpc) is 2.60. The van der Waals surface area contributed by atoms with Crippen molar-refractivity contribution in [2.24, 2.45) is 11.8 Å². The van der Waals surface area contributed by atoms with Gasteiger partial charge in [0, 0.05) is 36.3 Å². The molecule has 1 aliphatic carbocycles. The highest BCUT2D eigenvalue weighted by molar-refractivity contribution is 5.33. The summed E-state index contributed by atoms with van der Waals surface area (Å²) in [6.07, 6.45) is 1.29. The largest absolute Gasteiger partial charge is 0.473 e. The van der Waals surface area contributed by atoms with Crippen molar-refractivity contribution in [2.75, 3.05) is 20.1 Å². The molecular formula is C20H20FN3O. The van der Waals surface area contributed by atoms with E-state index < -0.39 is 5.82 Å².